The van der Waals surface area contributed by atoms with Gasteiger partial charge in [0, 0.05) is 23.1 Å². The highest BCUT2D eigenvalue weighted by Gasteiger charge is 2.47. The monoisotopic (exact) mass is 334 g/mol. The molecular weight excluding hydrogens is 310 g/mol. The number of pyridine rings is 1. The van der Waals surface area contributed by atoms with Gasteiger partial charge in [0.2, 0.25) is 0 Å². The lowest BCUT2D eigenvalue weighted by Crippen LogP contribution is -2.41. The molecule has 0 spiro atoms. The van der Waals surface area contributed by atoms with Crippen molar-refractivity contribution >= 4 is 11.4 Å². The Labute approximate surface area is 133 Å². The van der Waals surface area contributed by atoms with Crippen molar-refractivity contribution in [2.75, 3.05) is 0 Å². The quantitative estimate of drug-likeness (QED) is 0.812. The van der Waals surface area contributed by atoms with Gasteiger partial charge >= 0.3 is 5.92 Å². The third-order valence-corrected chi connectivity index (χ3v) is 4.88. The molecule has 1 aromatic rings. The van der Waals surface area contributed by atoms with Crippen molar-refractivity contribution < 1.29 is 18.4 Å². The van der Waals surface area contributed by atoms with Gasteiger partial charge in [0.05, 0.1) is 11.7 Å². The van der Waals surface area contributed by atoms with E-state index in [0.29, 0.717) is 5.69 Å². The van der Waals surface area contributed by atoms with Gasteiger partial charge in [-0.05, 0) is 53.7 Å². The Hall–Kier alpha value is -0.760. The molecule has 1 rings (SSSR count). The van der Waals surface area contributed by atoms with E-state index < -0.39 is 33.7 Å². The van der Waals surface area contributed by atoms with Gasteiger partial charge in [0.25, 0.3) is 0 Å². The largest absolute Gasteiger partial charge is 0.598 e. The van der Waals surface area contributed by atoms with Gasteiger partial charge in [-0.25, -0.2) is 0 Å². The lowest BCUT2D eigenvalue weighted by molar-refractivity contribution is -0.168. The molecule has 0 radical (unpaired) electrons. The first-order chi connectivity index (χ1) is 9.76. The molecule has 2 atom stereocenters. The number of hydrogen-bond donors (Lipinski definition) is 2. The van der Waals surface area contributed by atoms with Crippen molar-refractivity contribution in [3.8, 4) is 0 Å². The Bertz CT molecular complexity index is 513. The fourth-order valence-corrected chi connectivity index (χ4v) is 2.43. The molecule has 0 saturated carbocycles. The first-order valence-electron chi connectivity index (χ1n) is 7.01. The van der Waals surface area contributed by atoms with Crippen molar-refractivity contribution in [3.05, 3.63) is 29.6 Å². The van der Waals surface area contributed by atoms with Crippen LogP contribution in [0.4, 0.5) is 8.78 Å². The van der Waals surface area contributed by atoms with E-state index in [1.54, 1.807) is 6.92 Å². The summed E-state index contributed by atoms with van der Waals surface area (Å²) < 4.78 is 42.9. The summed E-state index contributed by atoms with van der Waals surface area (Å²) in [6.07, 6.45) is 1.27. The van der Waals surface area contributed by atoms with Crippen LogP contribution in [0.25, 0.3) is 0 Å². The summed E-state index contributed by atoms with van der Waals surface area (Å²) in [5.41, 5.74) is -2.16. The lowest BCUT2D eigenvalue weighted by Gasteiger charge is -2.30. The second kappa shape index (κ2) is 6.39. The van der Waals surface area contributed by atoms with Crippen LogP contribution in [0.1, 0.15) is 58.8 Å². The number of nitrogens with one attached hydrogen (secondary N) is 1. The molecule has 0 aliphatic heterocycles. The van der Waals surface area contributed by atoms with E-state index in [4.69, 9.17) is 0 Å². The molecular formula is C15H24F2N2O2S. The van der Waals surface area contributed by atoms with Gasteiger partial charge in [0.1, 0.15) is 10.3 Å². The van der Waals surface area contributed by atoms with Crippen LogP contribution in [0.2, 0.25) is 0 Å². The third-order valence-electron chi connectivity index (χ3n) is 3.20. The second-order valence-corrected chi connectivity index (χ2v) is 8.82. The van der Waals surface area contributed by atoms with Crippen LogP contribution < -0.4 is 4.72 Å². The van der Waals surface area contributed by atoms with Crippen LogP contribution in [0.15, 0.2) is 18.3 Å². The maximum atomic E-state index is 14.2. The second-order valence-electron chi connectivity index (χ2n) is 6.82. The average Bonchev–Trinajstić information content (AvgIpc) is 2.36. The van der Waals surface area contributed by atoms with Crippen LogP contribution in [0, 0.1) is 0 Å². The summed E-state index contributed by atoms with van der Waals surface area (Å²) in [7, 11) is 0. The summed E-state index contributed by atoms with van der Waals surface area (Å²) in [5, 5.41) is 9.65. The maximum absolute atomic E-state index is 14.2. The van der Waals surface area contributed by atoms with Crippen molar-refractivity contribution in [1.82, 2.24) is 9.71 Å². The van der Waals surface area contributed by atoms with Crippen LogP contribution in [0.3, 0.4) is 0 Å². The highest BCUT2D eigenvalue weighted by molar-refractivity contribution is 7.90. The standard InChI is InChI=1S/C15H24F2N2O2S/c1-10(19-22(21)13(2,3)4)12-9-11(7-8-18-12)15(16,17)14(5,6)20/h7-10,19-20H,1-6H3/t10-,22-/m1/s1. The SMILES string of the molecule is C[C@@H](N[S@+]([O-])C(C)(C)C)c1cc(C(F)(F)C(C)(C)O)ccn1. The fourth-order valence-electron chi connectivity index (χ4n) is 1.63. The van der Waals surface area contributed by atoms with E-state index in [-0.39, 0.29) is 5.56 Å². The molecule has 0 aliphatic rings. The molecule has 0 fully saturated rings. The van der Waals surface area contributed by atoms with Crippen molar-refractivity contribution in [2.24, 2.45) is 0 Å². The van der Waals surface area contributed by atoms with Gasteiger partial charge < -0.3 is 9.66 Å². The highest BCUT2D eigenvalue weighted by Crippen LogP contribution is 2.38. The van der Waals surface area contributed by atoms with Crippen molar-refractivity contribution in [1.29, 1.82) is 0 Å². The van der Waals surface area contributed by atoms with Crippen LogP contribution in [0.5, 0.6) is 0 Å². The van der Waals surface area contributed by atoms with Gasteiger partial charge in [-0.2, -0.15) is 8.78 Å². The zero-order chi connectivity index (χ0) is 17.3. The van der Waals surface area contributed by atoms with Crippen LogP contribution >= 0.6 is 0 Å². The molecule has 0 aromatic carbocycles. The molecule has 22 heavy (non-hydrogen) atoms. The Morgan fingerprint density at radius 1 is 1.27 bits per heavy atom. The summed E-state index contributed by atoms with van der Waals surface area (Å²) in [4.78, 5) is 4.06. The molecule has 1 heterocycles. The van der Waals surface area contributed by atoms with Crippen molar-refractivity contribution in [3.63, 3.8) is 0 Å². The summed E-state index contributed by atoms with van der Waals surface area (Å²) in [6.45, 7) is 9.27. The smallest absolute Gasteiger partial charge is 0.300 e. The molecule has 0 amide bonds. The molecule has 0 saturated heterocycles. The molecule has 0 unspecified atom stereocenters. The number of aliphatic hydroxyl groups is 1. The number of alkyl halides is 2. The average molecular weight is 334 g/mol. The minimum atomic E-state index is -3.41. The van der Waals surface area contributed by atoms with E-state index in [1.165, 1.54) is 18.3 Å². The maximum Gasteiger partial charge on any atom is 0.300 e. The first-order valence-corrected chi connectivity index (χ1v) is 8.16. The zero-order valence-electron chi connectivity index (χ0n) is 13.8. The van der Waals surface area contributed by atoms with Gasteiger partial charge in [-0.15, -0.1) is 4.72 Å². The predicted molar refractivity (Wildman–Crippen MR) is 83.9 cm³/mol. The number of halogens is 2. The minimum absolute atomic E-state index is 0.319. The lowest BCUT2D eigenvalue weighted by atomic mass is 9.93. The summed E-state index contributed by atoms with van der Waals surface area (Å²) >= 11 is -1.34. The Balaban J connectivity index is 3.02. The molecule has 4 nitrogen and oxygen atoms in total. The number of rotatable bonds is 5. The normalized spacial score (nSPS) is 16.5. The van der Waals surface area contributed by atoms with E-state index in [2.05, 4.69) is 9.71 Å². The predicted octanol–water partition coefficient (Wildman–Crippen LogP) is 3.06. The number of nitrogens with zero attached hydrogens (tertiary/aromatic N) is 1. The van der Waals surface area contributed by atoms with E-state index >= 15 is 0 Å². The molecule has 1 aromatic heterocycles. The van der Waals surface area contributed by atoms with E-state index in [1.807, 2.05) is 20.8 Å². The van der Waals surface area contributed by atoms with Gasteiger partial charge in [-0.1, -0.05) is 0 Å². The first kappa shape index (κ1) is 19.3. The third kappa shape index (κ3) is 4.38. The molecule has 0 aliphatic carbocycles. The van der Waals surface area contributed by atoms with E-state index in [0.717, 1.165) is 13.8 Å². The minimum Gasteiger partial charge on any atom is -0.598 e. The summed E-state index contributed by atoms with van der Waals surface area (Å²) in [5.74, 6) is -3.41. The molecule has 2 N–H and O–H groups in total. The fraction of sp³-hybridized carbons (Fsp3) is 0.667. The number of hydrogen-bond acceptors (Lipinski definition) is 4. The Morgan fingerprint density at radius 2 is 1.82 bits per heavy atom. The van der Waals surface area contributed by atoms with Gasteiger partial charge in [0.15, 0.2) is 0 Å². The van der Waals surface area contributed by atoms with Crippen LogP contribution in [-0.4, -0.2) is 25.0 Å². The molecule has 126 valence electrons. The number of aromatic nitrogens is 1. The Morgan fingerprint density at radius 3 is 2.27 bits per heavy atom. The summed E-state index contributed by atoms with van der Waals surface area (Å²) in [6, 6.07) is 1.95. The Kier molecular flexibility index (Phi) is 5.60. The zero-order valence-corrected chi connectivity index (χ0v) is 14.6. The highest BCUT2D eigenvalue weighted by atomic mass is 32.2. The molecule has 7 heteroatoms. The van der Waals surface area contributed by atoms with E-state index in [9.17, 15) is 18.4 Å². The molecule has 0 bridgehead atoms. The van der Waals surface area contributed by atoms with Crippen LogP contribution in [-0.2, 0) is 17.3 Å². The van der Waals surface area contributed by atoms with Gasteiger partial charge in [-0.3, -0.25) is 4.98 Å². The topological polar surface area (TPSA) is 68.2 Å². The van der Waals surface area contributed by atoms with Crippen molar-refractivity contribution in [2.45, 2.75) is 63.9 Å².